The third-order valence-corrected chi connectivity index (χ3v) is 3.44. The Morgan fingerprint density at radius 2 is 2.00 bits per heavy atom. The maximum Gasteiger partial charge on any atom is 0.268 e. The molecule has 0 aliphatic heterocycles. The molecule has 0 aliphatic rings. The summed E-state index contributed by atoms with van der Waals surface area (Å²) in [7, 11) is 0. The third kappa shape index (κ3) is 2.70. The highest BCUT2D eigenvalue weighted by molar-refractivity contribution is 5.37. The molecule has 0 saturated carbocycles. The van der Waals surface area contributed by atoms with Gasteiger partial charge in [-0.05, 0) is 18.6 Å². The van der Waals surface area contributed by atoms with E-state index in [0.717, 1.165) is 0 Å². The summed E-state index contributed by atoms with van der Waals surface area (Å²) in [5, 5.41) is 23.3. The van der Waals surface area contributed by atoms with Gasteiger partial charge in [-0.1, -0.05) is 18.2 Å². The first kappa shape index (κ1) is 14.5. The van der Waals surface area contributed by atoms with Crippen LogP contribution in [0.3, 0.4) is 0 Å². The van der Waals surface area contributed by atoms with E-state index >= 15 is 0 Å². The molecule has 1 aromatic carbocycles. The summed E-state index contributed by atoms with van der Waals surface area (Å²) in [4.78, 5) is 12.0. The van der Waals surface area contributed by atoms with Crippen LogP contribution in [-0.4, -0.2) is 10.2 Å². The number of nitriles is 2. The maximum atomic E-state index is 14.1. The van der Waals surface area contributed by atoms with Crippen LogP contribution in [0.5, 0.6) is 0 Å². The molecule has 21 heavy (non-hydrogen) atoms. The highest BCUT2D eigenvalue weighted by Gasteiger charge is 2.31. The molecule has 0 amide bonds. The first-order chi connectivity index (χ1) is 10.1. The van der Waals surface area contributed by atoms with Crippen molar-refractivity contribution >= 4 is 0 Å². The van der Waals surface area contributed by atoms with Crippen LogP contribution in [-0.2, 0) is 0 Å². The average molecular weight is 284 g/mol. The average Bonchev–Trinajstić information content (AvgIpc) is 2.80. The topological polar surface area (TPSA) is 96.2 Å². The van der Waals surface area contributed by atoms with E-state index in [9.17, 15) is 14.4 Å². The van der Waals surface area contributed by atoms with Crippen LogP contribution in [0.4, 0.5) is 4.39 Å². The zero-order valence-corrected chi connectivity index (χ0v) is 11.4. The van der Waals surface area contributed by atoms with Crippen molar-refractivity contribution in [3.63, 3.8) is 0 Å². The molecule has 0 aliphatic carbocycles. The summed E-state index contributed by atoms with van der Waals surface area (Å²) < 4.78 is 14.1. The maximum absolute atomic E-state index is 14.1. The number of halogens is 1. The molecule has 0 saturated heterocycles. The van der Waals surface area contributed by atoms with Crippen molar-refractivity contribution in [2.45, 2.75) is 19.3 Å². The van der Waals surface area contributed by atoms with Gasteiger partial charge in [-0.2, -0.15) is 10.5 Å². The smallest absolute Gasteiger partial charge is 0.268 e. The van der Waals surface area contributed by atoms with E-state index < -0.39 is 23.2 Å². The SMILES string of the molecule is Cc1[nH][nH]c(=O)c1C(c1ccccc1F)C(C#N)CC#N. The predicted molar refractivity (Wildman–Crippen MR) is 73.7 cm³/mol. The van der Waals surface area contributed by atoms with E-state index in [2.05, 4.69) is 10.2 Å². The number of nitrogens with one attached hydrogen (secondary N) is 2. The Kier molecular flexibility index (Phi) is 4.20. The standard InChI is InChI=1S/C15H13FN4O/c1-9-13(15(21)20-19-9)14(10(8-18)6-7-17)11-4-2-3-5-12(11)16/h2-5,10,14H,6H2,1H3,(H2,19,20,21). The molecule has 2 rings (SSSR count). The first-order valence-corrected chi connectivity index (χ1v) is 6.38. The molecule has 106 valence electrons. The van der Waals surface area contributed by atoms with Gasteiger partial charge in [-0.15, -0.1) is 0 Å². The molecule has 0 fully saturated rings. The Hall–Kier alpha value is -2.86. The third-order valence-electron chi connectivity index (χ3n) is 3.44. The number of hydrogen-bond donors (Lipinski definition) is 2. The highest BCUT2D eigenvalue weighted by Crippen LogP contribution is 2.34. The Morgan fingerprint density at radius 1 is 1.29 bits per heavy atom. The zero-order valence-electron chi connectivity index (χ0n) is 11.4. The normalized spacial score (nSPS) is 13.1. The van der Waals surface area contributed by atoms with Crippen LogP contribution in [0.25, 0.3) is 0 Å². The lowest BCUT2D eigenvalue weighted by Gasteiger charge is -2.20. The Morgan fingerprint density at radius 3 is 2.52 bits per heavy atom. The minimum Gasteiger partial charge on any atom is -0.302 e. The summed E-state index contributed by atoms with van der Waals surface area (Å²) in [5.41, 5.74) is 0.666. The van der Waals surface area contributed by atoms with Crippen molar-refractivity contribution in [1.82, 2.24) is 10.2 Å². The minimum absolute atomic E-state index is 0.0838. The number of hydrogen-bond acceptors (Lipinski definition) is 3. The van der Waals surface area contributed by atoms with Crippen LogP contribution in [0, 0.1) is 41.3 Å². The summed E-state index contributed by atoms with van der Waals surface area (Å²) in [6.45, 7) is 1.67. The van der Waals surface area contributed by atoms with E-state index in [0.29, 0.717) is 11.3 Å². The molecule has 1 aromatic heterocycles. The molecule has 2 N–H and O–H groups in total. The van der Waals surface area contributed by atoms with Crippen molar-refractivity contribution in [1.29, 1.82) is 10.5 Å². The van der Waals surface area contributed by atoms with Gasteiger partial charge in [-0.3, -0.25) is 9.89 Å². The van der Waals surface area contributed by atoms with Crippen molar-refractivity contribution in [2.75, 3.05) is 0 Å². The second kappa shape index (κ2) is 6.06. The van der Waals surface area contributed by atoms with Crippen LogP contribution < -0.4 is 5.56 Å². The molecule has 2 unspecified atom stereocenters. The first-order valence-electron chi connectivity index (χ1n) is 6.38. The summed E-state index contributed by atoms with van der Waals surface area (Å²) in [6, 6.07) is 9.93. The van der Waals surface area contributed by atoms with Crippen LogP contribution >= 0.6 is 0 Å². The highest BCUT2D eigenvalue weighted by atomic mass is 19.1. The Bertz CT molecular complexity index is 778. The monoisotopic (exact) mass is 284 g/mol. The lowest BCUT2D eigenvalue weighted by Crippen LogP contribution is -2.21. The molecule has 1 heterocycles. The van der Waals surface area contributed by atoms with Gasteiger partial charge in [0.05, 0.1) is 24.5 Å². The van der Waals surface area contributed by atoms with E-state index in [-0.39, 0.29) is 12.0 Å². The number of aromatic nitrogens is 2. The van der Waals surface area contributed by atoms with E-state index in [4.69, 9.17) is 5.26 Å². The molecule has 2 aromatic rings. The molecule has 5 nitrogen and oxygen atoms in total. The van der Waals surface area contributed by atoms with Gasteiger partial charge in [-0.25, -0.2) is 4.39 Å². The molecular weight excluding hydrogens is 271 g/mol. The summed E-state index contributed by atoms with van der Waals surface area (Å²) in [5.74, 6) is -2.09. The predicted octanol–water partition coefficient (Wildman–Crippen LogP) is 2.34. The fourth-order valence-corrected chi connectivity index (χ4v) is 2.47. The van der Waals surface area contributed by atoms with Crippen LogP contribution in [0.2, 0.25) is 0 Å². The van der Waals surface area contributed by atoms with Gasteiger partial charge in [0.1, 0.15) is 5.82 Å². The van der Waals surface area contributed by atoms with Gasteiger partial charge in [0.25, 0.3) is 5.56 Å². The van der Waals surface area contributed by atoms with Gasteiger partial charge in [0.15, 0.2) is 0 Å². The molecule has 0 spiro atoms. The van der Waals surface area contributed by atoms with Crippen molar-refractivity contribution in [2.24, 2.45) is 5.92 Å². The van der Waals surface area contributed by atoms with Crippen molar-refractivity contribution < 1.29 is 4.39 Å². The quantitative estimate of drug-likeness (QED) is 0.901. The second-order valence-corrected chi connectivity index (χ2v) is 4.71. The van der Waals surface area contributed by atoms with Gasteiger partial charge in [0.2, 0.25) is 0 Å². The number of nitrogens with zero attached hydrogens (tertiary/aromatic N) is 2. The minimum atomic E-state index is -0.803. The number of aromatic amines is 2. The van der Waals surface area contributed by atoms with Gasteiger partial charge >= 0.3 is 0 Å². The summed E-state index contributed by atoms with van der Waals surface area (Å²) >= 11 is 0. The molecule has 0 bridgehead atoms. The van der Waals surface area contributed by atoms with E-state index in [1.54, 1.807) is 13.0 Å². The van der Waals surface area contributed by atoms with E-state index in [1.165, 1.54) is 18.2 Å². The number of rotatable bonds is 4. The van der Waals surface area contributed by atoms with Gasteiger partial charge in [0, 0.05) is 17.2 Å². The molecular formula is C15H13FN4O. The Balaban J connectivity index is 2.67. The Labute approximate surface area is 120 Å². The molecule has 6 heteroatoms. The lowest BCUT2D eigenvalue weighted by molar-refractivity contribution is 0.540. The number of aryl methyl sites for hydroxylation is 1. The van der Waals surface area contributed by atoms with E-state index in [1.807, 2.05) is 12.1 Å². The van der Waals surface area contributed by atoms with Crippen LogP contribution in [0.15, 0.2) is 29.1 Å². The molecule has 0 radical (unpaired) electrons. The number of H-pyrrole nitrogens is 2. The second-order valence-electron chi connectivity index (χ2n) is 4.71. The lowest BCUT2D eigenvalue weighted by atomic mass is 9.80. The fourth-order valence-electron chi connectivity index (χ4n) is 2.47. The largest absolute Gasteiger partial charge is 0.302 e. The van der Waals surface area contributed by atoms with Crippen molar-refractivity contribution in [3.8, 4) is 12.1 Å². The van der Waals surface area contributed by atoms with Crippen LogP contribution in [0.1, 0.15) is 29.2 Å². The van der Waals surface area contributed by atoms with Gasteiger partial charge < -0.3 is 5.10 Å². The number of benzene rings is 1. The molecule has 2 atom stereocenters. The summed E-state index contributed by atoms with van der Waals surface area (Å²) in [6.07, 6.45) is -0.0838. The zero-order chi connectivity index (χ0) is 15.4. The van der Waals surface area contributed by atoms with Crippen molar-refractivity contribution in [3.05, 3.63) is 57.3 Å². The fraction of sp³-hybridized carbons (Fsp3) is 0.267.